The van der Waals surface area contributed by atoms with Crippen LogP contribution in [0, 0.1) is 6.92 Å². The Morgan fingerprint density at radius 3 is 2.88 bits per heavy atom. The van der Waals surface area contributed by atoms with Crippen LogP contribution in [-0.4, -0.2) is 20.7 Å². The van der Waals surface area contributed by atoms with E-state index in [-0.39, 0.29) is 5.91 Å². The lowest BCUT2D eigenvalue weighted by atomic mass is 10.3. The third kappa shape index (κ3) is 2.15. The molecule has 0 aliphatic heterocycles. The van der Waals surface area contributed by atoms with Gasteiger partial charge in [0.15, 0.2) is 0 Å². The number of anilines is 1. The van der Waals surface area contributed by atoms with Crippen molar-refractivity contribution in [2.45, 2.75) is 13.5 Å². The molecule has 0 spiro atoms. The highest BCUT2D eigenvalue weighted by Crippen LogP contribution is 2.08. The summed E-state index contributed by atoms with van der Waals surface area (Å²) in [6, 6.07) is 3.70. The fourth-order valence-corrected chi connectivity index (χ4v) is 1.57. The van der Waals surface area contributed by atoms with Crippen LogP contribution in [0.4, 0.5) is 5.82 Å². The molecule has 2 rings (SSSR count). The Labute approximate surface area is 98.8 Å². The minimum Gasteiger partial charge on any atom is -0.384 e. The fourth-order valence-electron chi connectivity index (χ4n) is 1.57. The third-order valence-electron chi connectivity index (χ3n) is 2.80. The summed E-state index contributed by atoms with van der Waals surface area (Å²) in [5.74, 6) is 0.356. The highest BCUT2D eigenvalue weighted by molar-refractivity contribution is 5.92. The van der Waals surface area contributed by atoms with Crippen molar-refractivity contribution < 1.29 is 4.79 Å². The van der Waals surface area contributed by atoms with E-state index in [1.807, 2.05) is 24.6 Å². The first-order chi connectivity index (χ1) is 8.09. The molecule has 0 aliphatic rings. The van der Waals surface area contributed by atoms with E-state index in [1.165, 1.54) is 0 Å². The van der Waals surface area contributed by atoms with Gasteiger partial charge in [-0.3, -0.25) is 9.89 Å². The van der Waals surface area contributed by atoms with Crippen LogP contribution in [0.3, 0.4) is 0 Å². The number of carbonyl (C=O) groups excluding carboxylic acids is 1. The van der Waals surface area contributed by atoms with Gasteiger partial charge in [0.1, 0.15) is 11.5 Å². The van der Waals surface area contributed by atoms with Crippen LogP contribution in [0.2, 0.25) is 0 Å². The van der Waals surface area contributed by atoms with Crippen molar-refractivity contribution in [1.82, 2.24) is 20.1 Å². The van der Waals surface area contributed by atoms with E-state index in [2.05, 4.69) is 15.5 Å². The van der Waals surface area contributed by atoms with Crippen LogP contribution in [0.1, 0.15) is 21.7 Å². The first-order valence-electron chi connectivity index (χ1n) is 5.28. The Hall–Kier alpha value is -2.24. The van der Waals surface area contributed by atoms with Crippen molar-refractivity contribution in [2.75, 3.05) is 5.73 Å². The number of amides is 1. The number of aromatic nitrogens is 3. The summed E-state index contributed by atoms with van der Waals surface area (Å²) >= 11 is 0. The normalized spacial score (nSPS) is 10.5. The quantitative estimate of drug-likeness (QED) is 0.724. The number of nitrogens with one attached hydrogen (secondary N) is 2. The van der Waals surface area contributed by atoms with E-state index in [4.69, 9.17) is 5.73 Å². The lowest BCUT2D eigenvalue weighted by Gasteiger charge is -2.06. The summed E-state index contributed by atoms with van der Waals surface area (Å²) in [7, 11) is 1.86. The number of carbonyl (C=O) groups is 1. The average molecular weight is 233 g/mol. The van der Waals surface area contributed by atoms with Crippen LogP contribution < -0.4 is 11.1 Å². The van der Waals surface area contributed by atoms with Gasteiger partial charge in [0.05, 0.1) is 6.20 Å². The van der Waals surface area contributed by atoms with Gasteiger partial charge in [-0.05, 0) is 19.1 Å². The molecule has 6 heteroatoms. The van der Waals surface area contributed by atoms with Gasteiger partial charge in [0.2, 0.25) is 0 Å². The van der Waals surface area contributed by atoms with Gasteiger partial charge in [-0.2, -0.15) is 5.10 Å². The van der Waals surface area contributed by atoms with Crippen LogP contribution in [-0.2, 0) is 13.6 Å². The molecule has 2 aromatic rings. The molecule has 0 bridgehead atoms. The van der Waals surface area contributed by atoms with Gasteiger partial charge < -0.3 is 15.6 Å². The van der Waals surface area contributed by atoms with E-state index in [0.717, 1.165) is 11.3 Å². The molecule has 0 saturated heterocycles. The third-order valence-corrected chi connectivity index (χ3v) is 2.80. The minimum atomic E-state index is -0.124. The van der Waals surface area contributed by atoms with E-state index >= 15 is 0 Å². The van der Waals surface area contributed by atoms with Crippen LogP contribution in [0.15, 0.2) is 18.3 Å². The minimum absolute atomic E-state index is 0.124. The first-order valence-corrected chi connectivity index (χ1v) is 5.28. The molecule has 0 saturated carbocycles. The van der Waals surface area contributed by atoms with Gasteiger partial charge in [-0.25, -0.2) is 0 Å². The Kier molecular flexibility index (Phi) is 2.86. The molecule has 0 atom stereocenters. The maximum Gasteiger partial charge on any atom is 0.268 e. The van der Waals surface area contributed by atoms with Crippen molar-refractivity contribution in [1.29, 1.82) is 0 Å². The molecule has 2 aromatic heterocycles. The molecule has 90 valence electrons. The number of hydrogen-bond acceptors (Lipinski definition) is 3. The zero-order valence-electron chi connectivity index (χ0n) is 9.82. The number of nitrogens with zero attached hydrogens (tertiary/aromatic N) is 2. The standard InChI is InChI=1S/C11H15N5O/c1-7-3-4-9(16(7)2)11(17)13-5-8-6-14-15-10(8)12/h3-4,6H,5H2,1-2H3,(H,13,17)(H3,12,14,15). The van der Waals surface area contributed by atoms with E-state index < -0.39 is 0 Å². The lowest BCUT2D eigenvalue weighted by molar-refractivity contribution is 0.0942. The van der Waals surface area contributed by atoms with Crippen molar-refractivity contribution in [2.24, 2.45) is 7.05 Å². The maximum atomic E-state index is 11.9. The SMILES string of the molecule is Cc1ccc(C(=O)NCc2cn[nH]c2N)n1C. The molecule has 0 aromatic carbocycles. The molecule has 0 unspecified atom stereocenters. The molecular formula is C11H15N5O. The van der Waals surface area contributed by atoms with Crippen molar-refractivity contribution in [3.63, 3.8) is 0 Å². The van der Waals surface area contributed by atoms with E-state index in [1.54, 1.807) is 12.3 Å². The fraction of sp³-hybridized carbons (Fsp3) is 0.273. The van der Waals surface area contributed by atoms with Crippen LogP contribution >= 0.6 is 0 Å². The van der Waals surface area contributed by atoms with Gasteiger partial charge >= 0.3 is 0 Å². The second kappa shape index (κ2) is 4.32. The predicted octanol–water partition coefficient (Wildman–Crippen LogP) is 0.569. The molecule has 2 heterocycles. The molecule has 0 radical (unpaired) electrons. The molecule has 0 aliphatic carbocycles. The van der Waals surface area contributed by atoms with Crippen molar-refractivity contribution in [3.8, 4) is 0 Å². The summed E-state index contributed by atoms with van der Waals surface area (Å²) < 4.78 is 1.84. The number of hydrogen-bond donors (Lipinski definition) is 3. The first kappa shape index (κ1) is 11.3. The van der Waals surface area contributed by atoms with Gasteiger partial charge in [-0.15, -0.1) is 0 Å². The van der Waals surface area contributed by atoms with Gasteiger partial charge in [0, 0.05) is 24.8 Å². The predicted molar refractivity (Wildman–Crippen MR) is 64.3 cm³/mol. The Bertz CT molecular complexity index is 540. The Morgan fingerprint density at radius 2 is 2.35 bits per heavy atom. The molecule has 1 amide bonds. The second-order valence-corrected chi connectivity index (χ2v) is 3.91. The number of aromatic amines is 1. The number of aryl methyl sites for hydroxylation is 1. The molecule has 0 fully saturated rings. The largest absolute Gasteiger partial charge is 0.384 e. The second-order valence-electron chi connectivity index (χ2n) is 3.91. The number of nitrogen functional groups attached to an aromatic ring is 1. The van der Waals surface area contributed by atoms with Crippen molar-refractivity contribution in [3.05, 3.63) is 35.3 Å². The van der Waals surface area contributed by atoms with Crippen LogP contribution in [0.25, 0.3) is 0 Å². The summed E-state index contributed by atoms with van der Waals surface area (Å²) in [6.07, 6.45) is 1.60. The summed E-state index contributed by atoms with van der Waals surface area (Å²) in [4.78, 5) is 11.9. The highest BCUT2D eigenvalue weighted by atomic mass is 16.1. The molecule has 6 nitrogen and oxygen atoms in total. The van der Waals surface area contributed by atoms with E-state index in [0.29, 0.717) is 18.1 Å². The Balaban J connectivity index is 2.03. The monoisotopic (exact) mass is 233 g/mol. The number of rotatable bonds is 3. The summed E-state index contributed by atoms with van der Waals surface area (Å²) in [5, 5.41) is 9.20. The van der Waals surface area contributed by atoms with Gasteiger partial charge in [0.25, 0.3) is 5.91 Å². The lowest BCUT2D eigenvalue weighted by Crippen LogP contribution is -2.25. The van der Waals surface area contributed by atoms with E-state index in [9.17, 15) is 4.79 Å². The Morgan fingerprint density at radius 1 is 1.59 bits per heavy atom. The zero-order valence-corrected chi connectivity index (χ0v) is 9.82. The molecule has 4 N–H and O–H groups in total. The molecule has 17 heavy (non-hydrogen) atoms. The highest BCUT2D eigenvalue weighted by Gasteiger charge is 2.11. The maximum absolute atomic E-state index is 11.9. The average Bonchev–Trinajstić information content (AvgIpc) is 2.84. The smallest absolute Gasteiger partial charge is 0.268 e. The number of H-pyrrole nitrogens is 1. The zero-order chi connectivity index (χ0) is 12.4. The summed E-state index contributed by atoms with van der Waals surface area (Å²) in [6.45, 7) is 2.32. The topological polar surface area (TPSA) is 88.7 Å². The molecular weight excluding hydrogens is 218 g/mol. The summed E-state index contributed by atoms with van der Waals surface area (Å²) in [5.41, 5.74) is 8.08. The number of nitrogens with two attached hydrogens (primary N) is 1. The van der Waals surface area contributed by atoms with Crippen molar-refractivity contribution >= 4 is 11.7 Å². The van der Waals surface area contributed by atoms with Crippen LogP contribution in [0.5, 0.6) is 0 Å². The van der Waals surface area contributed by atoms with Gasteiger partial charge in [-0.1, -0.05) is 0 Å².